The van der Waals surface area contributed by atoms with E-state index in [0.29, 0.717) is 41.1 Å². The number of nitrogens with zero attached hydrogens (tertiary/aromatic N) is 9. The molecule has 5 heterocycles. The van der Waals surface area contributed by atoms with E-state index in [-0.39, 0.29) is 23.9 Å². The normalized spacial score (nSPS) is 18.3. The molecule has 2 fully saturated rings. The van der Waals surface area contributed by atoms with Gasteiger partial charge in [0.2, 0.25) is 11.9 Å². The van der Waals surface area contributed by atoms with Crippen LogP contribution in [0, 0.1) is 0 Å². The summed E-state index contributed by atoms with van der Waals surface area (Å²) in [6.07, 6.45) is 6.80. The Labute approximate surface area is 336 Å². The molecule has 0 radical (unpaired) electrons. The molecular weight excluding hydrogens is 746 g/mol. The van der Waals surface area contributed by atoms with Crippen LogP contribution in [-0.2, 0) is 17.4 Å². The quantitative estimate of drug-likeness (QED) is 0.119. The van der Waals surface area contributed by atoms with Gasteiger partial charge in [0.15, 0.2) is 5.82 Å². The van der Waals surface area contributed by atoms with E-state index in [2.05, 4.69) is 58.9 Å². The van der Waals surface area contributed by atoms with Crippen molar-refractivity contribution < 1.29 is 14.7 Å². The first-order chi connectivity index (χ1) is 27.2. The molecule has 2 aliphatic rings. The number of benzene rings is 2. The van der Waals surface area contributed by atoms with Crippen LogP contribution < -0.4 is 36.4 Å². The van der Waals surface area contributed by atoms with Crippen LogP contribution in [0.15, 0.2) is 61.1 Å². The zero-order valence-corrected chi connectivity index (χ0v) is 33.8. The van der Waals surface area contributed by atoms with Crippen LogP contribution in [0.2, 0.25) is 5.02 Å². The molecule has 7 rings (SSSR count). The fourth-order valence-corrected chi connectivity index (χ4v) is 8.09. The van der Waals surface area contributed by atoms with E-state index >= 15 is 0 Å². The van der Waals surface area contributed by atoms with Crippen molar-refractivity contribution in [3.8, 4) is 0 Å². The van der Waals surface area contributed by atoms with E-state index in [9.17, 15) is 14.7 Å². The van der Waals surface area contributed by atoms with Crippen molar-refractivity contribution in [3.05, 3.63) is 83.2 Å². The van der Waals surface area contributed by atoms with Gasteiger partial charge in [-0.15, -0.1) is 0 Å². The summed E-state index contributed by atoms with van der Waals surface area (Å²) < 4.78 is 1.86. The van der Waals surface area contributed by atoms with Crippen molar-refractivity contribution in [3.63, 3.8) is 0 Å². The van der Waals surface area contributed by atoms with Crippen LogP contribution in [-0.4, -0.2) is 86.2 Å². The van der Waals surface area contributed by atoms with E-state index in [4.69, 9.17) is 27.4 Å². The zero-order valence-electron chi connectivity index (χ0n) is 33.1. The first-order valence-electron chi connectivity index (χ1n) is 19.1. The number of aromatic nitrogens is 6. The van der Waals surface area contributed by atoms with Gasteiger partial charge in [-0.25, -0.2) is 19.7 Å². The highest BCUT2D eigenvalue weighted by Crippen LogP contribution is 2.36. The number of aryl methyl sites for hydroxylation is 1. The third-order valence-electron chi connectivity index (χ3n) is 11.2. The molecular formula is C40H50ClN13O3. The Morgan fingerprint density at radius 2 is 1.82 bits per heavy atom. The van der Waals surface area contributed by atoms with E-state index in [1.807, 2.05) is 57.7 Å². The van der Waals surface area contributed by atoms with E-state index < -0.39 is 17.8 Å². The van der Waals surface area contributed by atoms with Crippen LogP contribution >= 0.6 is 11.6 Å². The van der Waals surface area contributed by atoms with Gasteiger partial charge in [0.25, 0.3) is 0 Å². The van der Waals surface area contributed by atoms with Crippen LogP contribution in [0.4, 0.5) is 33.6 Å². The molecule has 16 nitrogen and oxygen atoms in total. The van der Waals surface area contributed by atoms with Crippen LogP contribution in [0.25, 0.3) is 10.9 Å². The van der Waals surface area contributed by atoms with Crippen molar-refractivity contribution in [2.75, 3.05) is 47.2 Å². The second-order valence-corrected chi connectivity index (χ2v) is 15.8. The Kier molecular flexibility index (Phi) is 11.2. The van der Waals surface area contributed by atoms with Gasteiger partial charge in [-0.3, -0.25) is 19.7 Å². The van der Waals surface area contributed by atoms with E-state index in [1.165, 1.54) is 4.90 Å². The third-order valence-corrected chi connectivity index (χ3v) is 11.4. The molecule has 0 saturated carbocycles. The van der Waals surface area contributed by atoms with Crippen molar-refractivity contribution in [2.45, 2.75) is 76.2 Å². The highest BCUT2D eigenvalue weighted by molar-refractivity contribution is 6.32. The SMILES string of the molecule is CC(NC(C)(C)c1ncccn1)c1cc(Nc2nc(N(C)C3CCN(c4ccc5c(C6CCC(=O)NC6O)nn(C)c5c4)CC3)ncc2Cl)ccc1N(C)C(N)=O. The Morgan fingerprint density at radius 1 is 1.09 bits per heavy atom. The van der Waals surface area contributed by atoms with Gasteiger partial charge in [-0.2, -0.15) is 10.1 Å². The number of aliphatic hydroxyl groups excluding tert-OH is 1. The second kappa shape index (κ2) is 16.1. The Balaban J connectivity index is 1.04. The minimum absolute atomic E-state index is 0.137. The largest absolute Gasteiger partial charge is 0.373 e. The maximum Gasteiger partial charge on any atom is 0.319 e. The molecule has 3 atom stereocenters. The molecule has 2 aromatic carbocycles. The minimum Gasteiger partial charge on any atom is -0.373 e. The Bertz CT molecular complexity index is 2260. The van der Waals surface area contributed by atoms with Gasteiger partial charge in [0.05, 0.1) is 22.9 Å². The average molecular weight is 796 g/mol. The number of urea groups is 1. The summed E-state index contributed by atoms with van der Waals surface area (Å²) in [5.41, 5.74) is 10.2. The Hall–Kier alpha value is -5.58. The van der Waals surface area contributed by atoms with Crippen molar-refractivity contribution >= 4 is 63.3 Å². The summed E-state index contributed by atoms with van der Waals surface area (Å²) in [5, 5.41) is 26.3. The summed E-state index contributed by atoms with van der Waals surface area (Å²) in [5.74, 6) is 1.26. The van der Waals surface area contributed by atoms with Crippen molar-refractivity contribution in [1.29, 1.82) is 0 Å². The lowest BCUT2D eigenvalue weighted by Crippen LogP contribution is -2.44. The molecule has 3 amide bonds. The van der Waals surface area contributed by atoms with Gasteiger partial charge in [0.1, 0.15) is 17.1 Å². The number of primary amides is 1. The monoisotopic (exact) mass is 795 g/mol. The van der Waals surface area contributed by atoms with Gasteiger partial charge < -0.3 is 31.3 Å². The number of amides is 3. The number of hydrogen-bond donors (Lipinski definition) is 5. The molecule has 5 aromatic rings. The first-order valence-corrected chi connectivity index (χ1v) is 19.5. The van der Waals surface area contributed by atoms with Gasteiger partial charge in [-0.1, -0.05) is 11.6 Å². The number of rotatable bonds is 11. The topological polar surface area (TPSA) is 196 Å². The highest BCUT2D eigenvalue weighted by Gasteiger charge is 2.33. The van der Waals surface area contributed by atoms with E-state index in [1.54, 1.807) is 31.7 Å². The number of anilines is 5. The van der Waals surface area contributed by atoms with Crippen LogP contribution in [0.1, 0.15) is 75.5 Å². The molecule has 17 heteroatoms. The number of halogens is 1. The predicted octanol–water partition coefficient (Wildman–Crippen LogP) is 5.07. The highest BCUT2D eigenvalue weighted by atomic mass is 35.5. The number of fused-ring (bicyclic) bond motifs is 1. The molecule has 6 N–H and O–H groups in total. The lowest BCUT2D eigenvalue weighted by atomic mass is 9.92. The molecule has 57 heavy (non-hydrogen) atoms. The van der Waals surface area contributed by atoms with Gasteiger partial charge >= 0.3 is 6.03 Å². The molecule has 300 valence electrons. The fraction of sp³-hybridized carbons (Fsp3) is 0.425. The van der Waals surface area contributed by atoms with E-state index in [0.717, 1.165) is 59.5 Å². The first kappa shape index (κ1) is 39.6. The second-order valence-electron chi connectivity index (χ2n) is 15.4. The molecule has 0 aliphatic carbocycles. The lowest BCUT2D eigenvalue weighted by molar-refractivity contribution is -0.127. The van der Waals surface area contributed by atoms with Crippen LogP contribution in [0.3, 0.4) is 0 Å². The number of piperidine rings is 2. The molecule has 2 saturated heterocycles. The van der Waals surface area contributed by atoms with Crippen molar-refractivity contribution in [1.82, 2.24) is 40.3 Å². The van der Waals surface area contributed by atoms with Crippen LogP contribution in [0.5, 0.6) is 0 Å². The zero-order chi connectivity index (χ0) is 40.6. The Morgan fingerprint density at radius 3 is 2.53 bits per heavy atom. The molecule has 2 aliphatic heterocycles. The molecule has 3 unspecified atom stereocenters. The predicted molar refractivity (Wildman–Crippen MR) is 222 cm³/mol. The summed E-state index contributed by atoms with van der Waals surface area (Å²) in [7, 11) is 5.57. The maximum atomic E-state index is 12.3. The summed E-state index contributed by atoms with van der Waals surface area (Å²) >= 11 is 6.67. The summed E-state index contributed by atoms with van der Waals surface area (Å²) in [6, 6.07) is 13.2. The number of aliphatic hydroxyl groups is 1. The molecule has 0 spiro atoms. The minimum atomic E-state index is -0.946. The number of carbonyl (C=O) groups is 2. The summed E-state index contributed by atoms with van der Waals surface area (Å²) in [4.78, 5) is 48.3. The lowest BCUT2D eigenvalue weighted by Gasteiger charge is -2.38. The molecule has 0 bridgehead atoms. The fourth-order valence-electron chi connectivity index (χ4n) is 7.95. The number of nitrogens with two attached hydrogens (primary N) is 1. The molecule has 3 aromatic heterocycles. The number of carbonyl (C=O) groups excluding carboxylic acids is 2. The smallest absolute Gasteiger partial charge is 0.319 e. The van der Waals surface area contributed by atoms with Gasteiger partial charge in [0, 0.05) is 93.5 Å². The average Bonchev–Trinajstić information content (AvgIpc) is 3.53. The maximum absolute atomic E-state index is 12.3. The van der Waals surface area contributed by atoms with Crippen molar-refractivity contribution in [2.24, 2.45) is 12.8 Å². The van der Waals surface area contributed by atoms with Gasteiger partial charge in [-0.05, 0) is 88.1 Å². The third kappa shape index (κ3) is 8.29. The standard InChI is InChI=1S/C40H50ClN13O3/c1-23(49-40(2,3)37-43-16-7-17-44-37)29-20-24(8-12-31(29)52(5)38(42)57)46-35-30(41)22-45-39(48-35)51(4)25-14-18-54(19-15-25)26-9-10-27-32(21-26)53(6)50-34(27)28-11-13-33(55)47-36(28)56/h7-10,12,16-17,20-23,25,28,36,49,56H,11,13-15,18-19H2,1-6H3,(H2,42,57)(H,47,55)(H,45,46,48). The number of hydrogen-bond acceptors (Lipinski definition) is 12. The summed E-state index contributed by atoms with van der Waals surface area (Å²) in [6.45, 7) is 7.70. The number of nitrogens with one attached hydrogen (secondary N) is 3.